The van der Waals surface area contributed by atoms with Crippen molar-refractivity contribution in [1.82, 2.24) is 9.37 Å². The maximum atomic E-state index is 15.4. The van der Waals surface area contributed by atoms with E-state index in [9.17, 15) is 40.0 Å². The maximum absolute atomic E-state index is 15.4. The summed E-state index contributed by atoms with van der Waals surface area (Å²) in [5.41, 5.74) is 0.119. The van der Waals surface area contributed by atoms with Gasteiger partial charge in [0.25, 0.3) is 10.0 Å². The van der Waals surface area contributed by atoms with Crippen LogP contribution in [-0.2, 0) is 31.6 Å². The molecule has 0 spiro atoms. The van der Waals surface area contributed by atoms with Crippen molar-refractivity contribution in [2.75, 3.05) is 19.8 Å². The minimum Gasteiger partial charge on any atom is -0.314 e. The van der Waals surface area contributed by atoms with Gasteiger partial charge in [-0.3, -0.25) is 14.1 Å². The van der Waals surface area contributed by atoms with Crippen molar-refractivity contribution in [2.45, 2.75) is 67.8 Å². The zero-order valence-corrected chi connectivity index (χ0v) is 23.1. The van der Waals surface area contributed by atoms with Gasteiger partial charge in [-0.05, 0) is 98.5 Å². The molecule has 5 rings (SSSR count). The van der Waals surface area contributed by atoms with E-state index < -0.39 is 67.1 Å². The van der Waals surface area contributed by atoms with Crippen molar-refractivity contribution in [3.63, 3.8) is 0 Å². The first-order chi connectivity index (χ1) is 19.7. The van der Waals surface area contributed by atoms with Crippen LogP contribution in [0, 0.1) is 11.6 Å². The molecule has 2 saturated carbocycles. The van der Waals surface area contributed by atoms with Crippen LogP contribution in [0.4, 0.5) is 26.3 Å². The summed E-state index contributed by atoms with van der Waals surface area (Å²) in [7, 11) is -4.82. The number of alkyl halides is 4. The van der Waals surface area contributed by atoms with Crippen LogP contribution in [-0.4, -0.2) is 60.9 Å². The quantitative estimate of drug-likeness (QED) is 0.295. The first-order valence-electron chi connectivity index (χ1n) is 13.5. The van der Waals surface area contributed by atoms with Gasteiger partial charge >= 0.3 is 18.1 Å². The molecule has 2 aromatic carbocycles. The van der Waals surface area contributed by atoms with Crippen LogP contribution in [0.5, 0.6) is 0 Å². The second-order valence-electron chi connectivity index (χ2n) is 11.2. The fraction of sp³-hybridized carbons (Fsp3) is 0.500. The van der Waals surface area contributed by atoms with Crippen molar-refractivity contribution >= 4 is 21.9 Å². The van der Waals surface area contributed by atoms with Gasteiger partial charge in [0.1, 0.15) is 11.6 Å². The molecule has 0 radical (unpaired) electrons. The molecule has 1 amide bonds. The zero-order chi connectivity index (χ0) is 30.4. The number of likely N-dealkylation sites (tertiary alicyclic amines) is 1. The third-order valence-electron chi connectivity index (χ3n) is 8.14. The van der Waals surface area contributed by atoms with Gasteiger partial charge in [0, 0.05) is 12.0 Å². The minimum absolute atomic E-state index is 0.0467. The van der Waals surface area contributed by atoms with Crippen LogP contribution in [0.1, 0.15) is 71.5 Å². The first-order valence-corrected chi connectivity index (χ1v) is 15.0. The molecule has 2 aromatic rings. The number of hydrogen-bond acceptors (Lipinski definition) is 6. The van der Waals surface area contributed by atoms with Gasteiger partial charge in [0.05, 0.1) is 17.5 Å². The van der Waals surface area contributed by atoms with E-state index in [-0.39, 0.29) is 25.3 Å². The van der Waals surface area contributed by atoms with Crippen LogP contribution >= 0.6 is 0 Å². The summed E-state index contributed by atoms with van der Waals surface area (Å²) in [5.74, 6) is -6.33. The highest BCUT2D eigenvalue weighted by Gasteiger charge is 2.50. The highest BCUT2D eigenvalue weighted by molar-refractivity contribution is 7.90. The monoisotopic (exact) mass is 618 g/mol. The standard InChI is InChI=1S/C28H28F6N2O5S/c29-16-27(19-3-5-20(30)6-4-19)9-11-35(12-10-27)15-18-13-24(31)23(14-22(18)17-1-2-17)25(37)36(41-26(38)28(32,33)34)42(39,40)21-7-8-21/h3-6,13-14,17,21H,1-2,7-12,15-16H2. The summed E-state index contributed by atoms with van der Waals surface area (Å²) in [6.45, 7) is 0.476. The third-order valence-corrected chi connectivity index (χ3v) is 10.2. The topological polar surface area (TPSA) is 84.0 Å². The molecule has 0 bridgehead atoms. The summed E-state index contributed by atoms with van der Waals surface area (Å²) in [4.78, 5) is 30.6. The summed E-state index contributed by atoms with van der Waals surface area (Å²) >= 11 is 0. The summed E-state index contributed by atoms with van der Waals surface area (Å²) < 4.78 is 106. The molecule has 0 unspecified atom stereocenters. The lowest BCUT2D eigenvalue weighted by Crippen LogP contribution is -2.44. The number of piperidine rings is 1. The molecule has 3 fully saturated rings. The van der Waals surface area contributed by atoms with Gasteiger partial charge in [-0.25, -0.2) is 22.0 Å². The third kappa shape index (κ3) is 6.14. The molecule has 0 atom stereocenters. The highest BCUT2D eigenvalue weighted by Crippen LogP contribution is 2.44. The minimum atomic E-state index is -5.59. The van der Waals surface area contributed by atoms with E-state index >= 15 is 4.39 Å². The molecule has 1 heterocycles. The lowest BCUT2D eigenvalue weighted by Gasteiger charge is -2.41. The molecule has 2 aliphatic carbocycles. The Morgan fingerprint density at radius 3 is 2.14 bits per heavy atom. The number of amides is 1. The summed E-state index contributed by atoms with van der Waals surface area (Å²) in [6, 6.07) is 7.88. The van der Waals surface area contributed by atoms with Gasteiger partial charge in [-0.2, -0.15) is 13.2 Å². The molecule has 7 nitrogen and oxygen atoms in total. The number of rotatable bonds is 8. The average Bonchev–Trinajstić information content (AvgIpc) is 3.85. The summed E-state index contributed by atoms with van der Waals surface area (Å²) in [5, 5.41) is -1.22. The molecular formula is C28H28F6N2O5S. The Labute approximate surface area is 238 Å². The smallest absolute Gasteiger partial charge is 0.314 e. The van der Waals surface area contributed by atoms with E-state index in [4.69, 9.17) is 0 Å². The molecule has 14 heteroatoms. The van der Waals surface area contributed by atoms with Gasteiger partial charge in [0.15, 0.2) is 0 Å². The fourth-order valence-electron chi connectivity index (χ4n) is 5.33. The van der Waals surface area contributed by atoms with Crippen molar-refractivity contribution in [3.8, 4) is 0 Å². The van der Waals surface area contributed by atoms with E-state index in [1.807, 2.05) is 4.90 Å². The SMILES string of the molecule is O=C(c1cc(C2CC2)c(CN2CCC(CF)(c3ccc(F)cc3)CC2)cc1F)N(OC(=O)C(F)(F)F)S(=O)(=O)C1CC1. The molecule has 3 aliphatic rings. The Kier molecular flexibility index (Phi) is 8.07. The van der Waals surface area contributed by atoms with Crippen LogP contribution in [0.3, 0.4) is 0 Å². The van der Waals surface area contributed by atoms with E-state index in [2.05, 4.69) is 4.84 Å². The predicted octanol–water partition coefficient (Wildman–Crippen LogP) is 5.30. The zero-order valence-electron chi connectivity index (χ0n) is 22.3. The number of hydroxylamine groups is 1. The number of carbonyl (C=O) groups is 2. The van der Waals surface area contributed by atoms with Crippen molar-refractivity contribution in [3.05, 3.63) is 70.3 Å². The predicted molar refractivity (Wildman–Crippen MR) is 137 cm³/mol. The lowest BCUT2D eigenvalue weighted by atomic mass is 9.74. The molecule has 228 valence electrons. The Hall–Kier alpha value is -3.13. The van der Waals surface area contributed by atoms with E-state index in [1.54, 1.807) is 12.1 Å². The van der Waals surface area contributed by atoms with E-state index in [0.29, 0.717) is 55.5 Å². The normalized spacial score (nSPS) is 19.4. The fourth-order valence-corrected chi connectivity index (χ4v) is 6.83. The summed E-state index contributed by atoms with van der Waals surface area (Å²) in [6.07, 6.45) is -3.25. The Morgan fingerprint density at radius 1 is 1.00 bits per heavy atom. The second kappa shape index (κ2) is 11.2. The number of halogens is 6. The Bertz CT molecular complexity index is 1460. The first kappa shape index (κ1) is 30.3. The van der Waals surface area contributed by atoms with Crippen molar-refractivity contribution in [2.24, 2.45) is 0 Å². The molecule has 0 N–H and O–H groups in total. The molecule has 1 saturated heterocycles. The molecular weight excluding hydrogens is 590 g/mol. The Morgan fingerprint density at radius 2 is 1.62 bits per heavy atom. The Balaban J connectivity index is 1.38. The van der Waals surface area contributed by atoms with Gasteiger partial charge in [-0.15, -0.1) is 0 Å². The average molecular weight is 619 g/mol. The van der Waals surface area contributed by atoms with E-state index in [1.165, 1.54) is 12.1 Å². The number of carbonyl (C=O) groups excluding carboxylic acids is 2. The molecule has 42 heavy (non-hydrogen) atoms. The van der Waals surface area contributed by atoms with Crippen LogP contribution in [0.2, 0.25) is 0 Å². The van der Waals surface area contributed by atoms with Gasteiger partial charge < -0.3 is 4.84 Å². The highest BCUT2D eigenvalue weighted by atomic mass is 32.2. The number of hydrogen-bond donors (Lipinski definition) is 0. The van der Waals surface area contributed by atoms with E-state index in [0.717, 1.165) is 12.1 Å². The van der Waals surface area contributed by atoms with Crippen molar-refractivity contribution < 1.29 is 49.2 Å². The van der Waals surface area contributed by atoms with Crippen molar-refractivity contribution in [1.29, 1.82) is 0 Å². The second-order valence-corrected chi connectivity index (χ2v) is 13.2. The van der Waals surface area contributed by atoms with Crippen LogP contribution < -0.4 is 0 Å². The van der Waals surface area contributed by atoms with Crippen LogP contribution in [0.25, 0.3) is 0 Å². The largest absolute Gasteiger partial charge is 0.493 e. The molecule has 0 aromatic heterocycles. The lowest BCUT2D eigenvalue weighted by molar-refractivity contribution is -0.217. The van der Waals surface area contributed by atoms with Crippen LogP contribution in [0.15, 0.2) is 36.4 Å². The van der Waals surface area contributed by atoms with Gasteiger partial charge in [-0.1, -0.05) is 16.6 Å². The number of sulfonamides is 1. The number of nitrogens with zero attached hydrogens (tertiary/aromatic N) is 2. The number of benzene rings is 2. The van der Waals surface area contributed by atoms with Gasteiger partial charge in [0.2, 0.25) is 0 Å². The maximum Gasteiger partial charge on any atom is 0.493 e. The molecule has 1 aliphatic heterocycles.